The number of amides is 1. The molecule has 0 unspecified atom stereocenters. The standard InChI is InChI=1S/C20H28N2O7/c1-26-13-28-18-11-16(22(24)25)15(10-17(18)27-2)19(23)21-14-6-9-29-20(12-14)7-4-3-5-8-20/h10-11,14H,3-9,12-13H2,1-2H3,(H,21,23)/t14-/m0/s1. The Labute approximate surface area is 169 Å². The van der Waals surface area contributed by atoms with Gasteiger partial charge in [0.05, 0.1) is 23.7 Å². The molecule has 9 nitrogen and oxygen atoms in total. The monoisotopic (exact) mass is 408 g/mol. The van der Waals surface area contributed by atoms with Crippen LogP contribution in [0.4, 0.5) is 5.69 Å². The molecule has 1 atom stereocenters. The van der Waals surface area contributed by atoms with Gasteiger partial charge in [-0.3, -0.25) is 14.9 Å². The summed E-state index contributed by atoms with van der Waals surface area (Å²) in [4.78, 5) is 23.9. The average molecular weight is 408 g/mol. The van der Waals surface area contributed by atoms with Gasteiger partial charge >= 0.3 is 0 Å². The van der Waals surface area contributed by atoms with E-state index in [0.717, 1.165) is 32.1 Å². The molecule has 1 spiro atoms. The van der Waals surface area contributed by atoms with E-state index in [0.29, 0.717) is 13.0 Å². The Balaban J connectivity index is 1.79. The summed E-state index contributed by atoms with van der Waals surface area (Å²) in [6, 6.07) is 2.46. The third-order valence-electron chi connectivity index (χ3n) is 5.65. The van der Waals surface area contributed by atoms with Gasteiger partial charge < -0.3 is 24.3 Å². The summed E-state index contributed by atoms with van der Waals surface area (Å²) in [5.74, 6) is -0.121. The fourth-order valence-corrected chi connectivity index (χ4v) is 4.24. The maximum Gasteiger partial charge on any atom is 0.286 e. The highest BCUT2D eigenvalue weighted by Gasteiger charge is 2.39. The van der Waals surface area contributed by atoms with Gasteiger partial charge in [0.15, 0.2) is 18.3 Å². The van der Waals surface area contributed by atoms with Gasteiger partial charge in [-0.05, 0) is 25.7 Å². The Morgan fingerprint density at radius 1 is 1.28 bits per heavy atom. The van der Waals surface area contributed by atoms with E-state index >= 15 is 0 Å². The Kier molecular flexibility index (Phi) is 6.92. The molecule has 2 aliphatic rings. The molecular weight excluding hydrogens is 380 g/mol. The highest BCUT2D eigenvalue weighted by molar-refractivity contribution is 5.99. The van der Waals surface area contributed by atoms with Gasteiger partial charge in [0.1, 0.15) is 5.56 Å². The number of methoxy groups -OCH3 is 2. The molecule has 160 valence electrons. The average Bonchev–Trinajstić information content (AvgIpc) is 2.72. The number of nitro groups is 1. The molecule has 0 bridgehead atoms. The lowest BCUT2D eigenvalue weighted by Crippen LogP contribution is -2.49. The smallest absolute Gasteiger partial charge is 0.286 e. The van der Waals surface area contributed by atoms with Gasteiger partial charge in [0.2, 0.25) is 0 Å². The third-order valence-corrected chi connectivity index (χ3v) is 5.65. The molecule has 1 N–H and O–H groups in total. The maximum absolute atomic E-state index is 12.9. The van der Waals surface area contributed by atoms with Crippen molar-refractivity contribution in [1.82, 2.24) is 5.32 Å². The van der Waals surface area contributed by atoms with Crippen molar-refractivity contribution < 1.29 is 28.7 Å². The van der Waals surface area contributed by atoms with Gasteiger partial charge in [-0.2, -0.15) is 0 Å². The fraction of sp³-hybridized carbons (Fsp3) is 0.650. The summed E-state index contributed by atoms with van der Waals surface area (Å²) < 4.78 is 21.5. The zero-order chi connectivity index (χ0) is 20.9. The molecular formula is C20H28N2O7. The second kappa shape index (κ2) is 9.41. The number of benzene rings is 1. The number of carbonyl (C=O) groups is 1. The van der Waals surface area contributed by atoms with Crippen molar-refractivity contribution in [3.63, 3.8) is 0 Å². The zero-order valence-corrected chi connectivity index (χ0v) is 16.9. The van der Waals surface area contributed by atoms with Gasteiger partial charge in [-0.25, -0.2) is 0 Å². The first-order valence-electron chi connectivity index (χ1n) is 9.91. The maximum atomic E-state index is 12.9. The zero-order valence-electron chi connectivity index (χ0n) is 16.9. The van der Waals surface area contributed by atoms with Crippen LogP contribution in [0, 0.1) is 10.1 Å². The van der Waals surface area contributed by atoms with Crippen LogP contribution in [0.5, 0.6) is 11.5 Å². The molecule has 29 heavy (non-hydrogen) atoms. The first-order chi connectivity index (χ1) is 14.0. The fourth-order valence-electron chi connectivity index (χ4n) is 4.24. The molecule has 1 saturated heterocycles. The van der Waals surface area contributed by atoms with Gasteiger partial charge in [-0.15, -0.1) is 0 Å². The molecule has 9 heteroatoms. The lowest BCUT2D eigenvalue weighted by Gasteiger charge is -2.43. The number of nitrogens with one attached hydrogen (secondary N) is 1. The second-order valence-electron chi connectivity index (χ2n) is 7.58. The van der Waals surface area contributed by atoms with Crippen LogP contribution in [0.3, 0.4) is 0 Å². The van der Waals surface area contributed by atoms with E-state index in [1.165, 1.54) is 32.8 Å². The molecule has 3 rings (SSSR count). The van der Waals surface area contributed by atoms with E-state index < -0.39 is 10.8 Å². The summed E-state index contributed by atoms with van der Waals surface area (Å²) in [6.45, 7) is 0.489. The van der Waals surface area contributed by atoms with Crippen molar-refractivity contribution in [2.75, 3.05) is 27.6 Å². The molecule has 2 fully saturated rings. The van der Waals surface area contributed by atoms with E-state index in [1.807, 2.05) is 0 Å². The Morgan fingerprint density at radius 2 is 2.03 bits per heavy atom. The van der Waals surface area contributed by atoms with Crippen molar-refractivity contribution >= 4 is 11.6 Å². The van der Waals surface area contributed by atoms with E-state index in [4.69, 9.17) is 18.9 Å². The number of rotatable bonds is 7. The molecule has 1 aliphatic carbocycles. The van der Waals surface area contributed by atoms with Crippen molar-refractivity contribution in [1.29, 1.82) is 0 Å². The lowest BCUT2D eigenvalue weighted by molar-refractivity contribution is -0.385. The number of carbonyl (C=O) groups excluding carboxylic acids is 1. The predicted molar refractivity (Wildman–Crippen MR) is 104 cm³/mol. The van der Waals surface area contributed by atoms with Crippen molar-refractivity contribution in [3.05, 3.63) is 27.8 Å². The van der Waals surface area contributed by atoms with E-state index in [2.05, 4.69) is 5.32 Å². The Hall–Kier alpha value is -2.39. The first-order valence-corrected chi connectivity index (χ1v) is 9.91. The largest absolute Gasteiger partial charge is 0.493 e. The normalized spacial score (nSPS) is 20.8. The SMILES string of the molecule is COCOc1cc([N+](=O)[O-])c(C(=O)N[C@H]2CCOC3(CCCCC3)C2)cc1OC. The summed E-state index contributed by atoms with van der Waals surface area (Å²) in [6.07, 6.45) is 6.90. The number of hydrogen-bond donors (Lipinski definition) is 1. The van der Waals surface area contributed by atoms with Crippen molar-refractivity contribution in [2.45, 2.75) is 56.6 Å². The molecule has 1 aromatic rings. The number of ether oxygens (including phenoxy) is 4. The van der Waals surface area contributed by atoms with Crippen LogP contribution >= 0.6 is 0 Å². The van der Waals surface area contributed by atoms with Gasteiger partial charge in [-0.1, -0.05) is 19.3 Å². The van der Waals surface area contributed by atoms with Crippen LogP contribution in [-0.4, -0.2) is 50.1 Å². The number of nitrogens with zero attached hydrogens (tertiary/aromatic N) is 1. The van der Waals surface area contributed by atoms with E-state index in [1.54, 1.807) is 0 Å². The minimum Gasteiger partial charge on any atom is -0.493 e. The van der Waals surface area contributed by atoms with Crippen LogP contribution < -0.4 is 14.8 Å². The molecule has 1 heterocycles. The van der Waals surface area contributed by atoms with Crippen molar-refractivity contribution in [3.8, 4) is 11.5 Å². The minimum atomic E-state index is -0.597. The van der Waals surface area contributed by atoms with Crippen LogP contribution in [0.25, 0.3) is 0 Å². The van der Waals surface area contributed by atoms with Gasteiger partial charge in [0.25, 0.3) is 11.6 Å². The van der Waals surface area contributed by atoms with Gasteiger partial charge in [0, 0.05) is 25.8 Å². The molecule has 1 aromatic carbocycles. The Bertz CT molecular complexity index is 741. The third kappa shape index (κ3) is 4.97. The molecule has 1 saturated carbocycles. The summed E-state index contributed by atoms with van der Waals surface area (Å²) in [5.41, 5.74) is -0.565. The quantitative estimate of drug-likeness (QED) is 0.419. The molecule has 1 aliphatic heterocycles. The number of hydrogen-bond acceptors (Lipinski definition) is 7. The summed E-state index contributed by atoms with van der Waals surface area (Å²) >= 11 is 0. The second-order valence-corrected chi connectivity index (χ2v) is 7.58. The summed E-state index contributed by atoms with van der Waals surface area (Å²) in [7, 11) is 2.85. The van der Waals surface area contributed by atoms with Crippen molar-refractivity contribution in [2.24, 2.45) is 0 Å². The lowest BCUT2D eigenvalue weighted by atomic mass is 9.78. The highest BCUT2D eigenvalue weighted by Crippen LogP contribution is 2.39. The minimum absolute atomic E-state index is 0.0548. The van der Waals surface area contributed by atoms with Crippen LogP contribution in [-0.2, 0) is 9.47 Å². The highest BCUT2D eigenvalue weighted by atomic mass is 16.7. The molecule has 0 radical (unpaired) electrons. The van der Waals surface area contributed by atoms with Crippen LogP contribution in [0.15, 0.2) is 12.1 Å². The molecule has 0 aromatic heterocycles. The van der Waals surface area contributed by atoms with E-state index in [-0.39, 0.29) is 41.2 Å². The van der Waals surface area contributed by atoms with Crippen LogP contribution in [0.2, 0.25) is 0 Å². The molecule has 1 amide bonds. The predicted octanol–water partition coefficient (Wildman–Crippen LogP) is 3.20. The van der Waals surface area contributed by atoms with E-state index in [9.17, 15) is 14.9 Å². The van der Waals surface area contributed by atoms with Crippen LogP contribution in [0.1, 0.15) is 55.3 Å². The topological polar surface area (TPSA) is 109 Å². The first kappa shape index (κ1) is 21.3. The summed E-state index contributed by atoms with van der Waals surface area (Å²) in [5, 5.41) is 14.5. The number of nitro benzene ring substituents is 1. The Morgan fingerprint density at radius 3 is 2.69 bits per heavy atom.